The fourth-order valence-electron chi connectivity index (χ4n) is 3.57. The molecule has 4 amide bonds. The molecule has 0 aliphatic heterocycles. The third-order valence-corrected chi connectivity index (χ3v) is 5.77. The van der Waals surface area contributed by atoms with E-state index in [1.165, 1.54) is 31.2 Å². The summed E-state index contributed by atoms with van der Waals surface area (Å²) < 4.78 is 0. The summed E-state index contributed by atoms with van der Waals surface area (Å²) in [6.45, 7) is 1.31. The van der Waals surface area contributed by atoms with Gasteiger partial charge in [-0.1, -0.05) is 42.5 Å². The number of carboxylic acids is 1. The highest BCUT2D eigenvalue weighted by Crippen LogP contribution is 2.12. The molecule has 5 atom stereocenters. The molecule has 0 heterocycles. The quantitative estimate of drug-likeness (QED) is 0.135. The number of carboxylic acid groups (broad SMARTS) is 1. The third-order valence-electron chi connectivity index (χ3n) is 5.77. The molecule has 5 unspecified atom stereocenters. The predicted octanol–water partition coefficient (Wildman–Crippen LogP) is -1.70. The molecule has 2 aromatic carbocycles. The Labute approximate surface area is 224 Å². The molecule has 0 radical (unpaired) electrons. The Morgan fingerprint density at radius 2 is 1.23 bits per heavy atom. The van der Waals surface area contributed by atoms with E-state index in [0.29, 0.717) is 11.1 Å². The second-order valence-electron chi connectivity index (χ2n) is 9.02. The smallest absolute Gasteiger partial charge is 0.326 e. The average Bonchev–Trinajstić information content (AvgIpc) is 2.88. The summed E-state index contributed by atoms with van der Waals surface area (Å²) in [5.41, 5.74) is 12.0. The van der Waals surface area contributed by atoms with Crippen LogP contribution in [0.5, 0.6) is 5.75 Å². The van der Waals surface area contributed by atoms with Gasteiger partial charge in [-0.25, -0.2) is 4.79 Å². The maximum atomic E-state index is 13.4. The van der Waals surface area contributed by atoms with Crippen molar-refractivity contribution in [3.8, 4) is 5.75 Å². The summed E-state index contributed by atoms with van der Waals surface area (Å²) in [5.74, 6) is -4.96. The van der Waals surface area contributed by atoms with Crippen molar-refractivity contribution in [3.05, 3.63) is 65.7 Å². The van der Waals surface area contributed by atoms with Crippen LogP contribution in [0, 0.1) is 0 Å². The van der Waals surface area contributed by atoms with Crippen LogP contribution >= 0.6 is 0 Å². The van der Waals surface area contributed by atoms with Gasteiger partial charge >= 0.3 is 5.97 Å². The number of aliphatic carboxylic acids is 1. The first-order valence-electron chi connectivity index (χ1n) is 12.0. The zero-order valence-electron chi connectivity index (χ0n) is 21.2. The normalized spacial score (nSPS) is 14.6. The lowest BCUT2D eigenvalue weighted by Crippen LogP contribution is -2.59. The van der Waals surface area contributed by atoms with Gasteiger partial charge in [-0.05, 0) is 30.2 Å². The molecule has 10 N–H and O–H groups in total. The van der Waals surface area contributed by atoms with Crippen molar-refractivity contribution in [1.82, 2.24) is 16.0 Å². The van der Waals surface area contributed by atoms with Crippen LogP contribution in [0.4, 0.5) is 0 Å². The number of nitrogens with two attached hydrogens (primary N) is 2. The second-order valence-corrected chi connectivity index (χ2v) is 9.02. The average molecular weight is 544 g/mol. The minimum Gasteiger partial charge on any atom is -0.508 e. The largest absolute Gasteiger partial charge is 0.508 e. The van der Waals surface area contributed by atoms with E-state index in [-0.39, 0.29) is 18.6 Å². The number of aliphatic hydroxyl groups is 1. The summed E-state index contributed by atoms with van der Waals surface area (Å²) in [4.78, 5) is 61.9. The number of hydrogen-bond donors (Lipinski definition) is 8. The zero-order valence-corrected chi connectivity index (χ0v) is 21.2. The number of primary amides is 1. The Hall–Kier alpha value is -4.49. The molecular weight excluding hydrogens is 510 g/mol. The Morgan fingerprint density at radius 1 is 0.769 bits per heavy atom. The van der Waals surface area contributed by atoms with Gasteiger partial charge < -0.3 is 42.7 Å². The standard InChI is InChI=1S/C26H33N5O8/c1-14(32)22(28)25(37)30-19(12-16-7-9-17(33)10-8-16)23(35)29-18(11-15-5-3-2-4-6-15)24(36)31-20(26(38)39)13-21(27)34/h2-10,14,18-20,22,32-33H,11-13,28H2,1H3,(H2,27,34)(H,29,35)(H,30,37)(H,31,36)(H,38,39). The van der Waals surface area contributed by atoms with E-state index in [1.807, 2.05) is 0 Å². The molecule has 210 valence electrons. The number of amides is 4. The number of benzene rings is 2. The highest BCUT2D eigenvalue weighted by molar-refractivity contribution is 5.95. The van der Waals surface area contributed by atoms with E-state index in [2.05, 4.69) is 16.0 Å². The first kappa shape index (κ1) is 30.7. The molecular formula is C26H33N5O8. The lowest BCUT2D eigenvalue weighted by molar-refractivity contribution is -0.143. The van der Waals surface area contributed by atoms with E-state index < -0.39 is 66.3 Å². The lowest BCUT2D eigenvalue weighted by atomic mass is 10.0. The van der Waals surface area contributed by atoms with Crippen molar-refractivity contribution < 1.29 is 39.3 Å². The summed E-state index contributed by atoms with van der Waals surface area (Å²) in [7, 11) is 0. The molecule has 0 aromatic heterocycles. The zero-order chi connectivity index (χ0) is 29.1. The molecule has 13 nitrogen and oxygen atoms in total. The van der Waals surface area contributed by atoms with E-state index >= 15 is 0 Å². The number of phenolic OH excluding ortho intramolecular Hbond substituents is 1. The molecule has 0 saturated heterocycles. The van der Waals surface area contributed by atoms with Crippen molar-refractivity contribution in [1.29, 1.82) is 0 Å². The molecule has 2 rings (SSSR count). The third kappa shape index (κ3) is 10.1. The van der Waals surface area contributed by atoms with E-state index in [9.17, 15) is 39.3 Å². The topological polar surface area (TPSA) is 234 Å². The van der Waals surface area contributed by atoms with E-state index in [4.69, 9.17) is 11.5 Å². The highest BCUT2D eigenvalue weighted by atomic mass is 16.4. The van der Waals surface area contributed by atoms with Gasteiger partial charge in [-0.15, -0.1) is 0 Å². The number of nitrogens with one attached hydrogen (secondary N) is 3. The van der Waals surface area contributed by atoms with Gasteiger partial charge in [0.05, 0.1) is 12.5 Å². The number of aromatic hydroxyl groups is 1. The summed E-state index contributed by atoms with van der Waals surface area (Å²) >= 11 is 0. The molecule has 2 aromatic rings. The number of carbonyl (C=O) groups excluding carboxylic acids is 4. The van der Waals surface area contributed by atoms with Crippen molar-refractivity contribution >= 4 is 29.6 Å². The number of carbonyl (C=O) groups is 5. The summed E-state index contributed by atoms with van der Waals surface area (Å²) in [5, 5.41) is 35.9. The summed E-state index contributed by atoms with van der Waals surface area (Å²) in [6, 6.07) is 8.89. The van der Waals surface area contributed by atoms with Gasteiger partial charge in [0.15, 0.2) is 0 Å². The van der Waals surface area contributed by atoms with Crippen molar-refractivity contribution in [2.45, 2.75) is 56.5 Å². The molecule has 13 heteroatoms. The monoisotopic (exact) mass is 543 g/mol. The lowest BCUT2D eigenvalue weighted by Gasteiger charge is -2.26. The van der Waals surface area contributed by atoms with Crippen LogP contribution < -0.4 is 27.4 Å². The van der Waals surface area contributed by atoms with Crippen LogP contribution in [-0.4, -0.2) is 75.2 Å². The van der Waals surface area contributed by atoms with Gasteiger partial charge in [-0.3, -0.25) is 19.2 Å². The Balaban J connectivity index is 2.33. The van der Waals surface area contributed by atoms with Crippen LogP contribution in [0.2, 0.25) is 0 Å². The highest BCUT2D eigenvalue weighted by Gasteiger charge is 2.31. The van der Waals surface area contributed by atoms with Crippen LogP contribution in [0.25, 0.3) is 0 Å². The van der Waals surface area contributed by atoms with E-state index in [1.54, 1.807) is 30.3 Å². The first-order valence-corrected chi connectivity index (χ1v) is 12.0. The van der Waals surface area contributed by atoms with Gasteiger partial charge in [0.2, 0.25) is 23.6 Å². The van der Waals surface area contributed by atoms with Gasteiger partial charge in [0.1, 0.15) is 29.9 Å². The predicted molar refractivity (Wildman–Crippen MR) is 139 cm³/mol. The van der Waals surface area contributed by atoms with E-state index in [0.717, 1.165) is 0 Å². The Kier molecular flexibility index (Phi) is 11.4. The molecule has 0 aliphatic rings. The minimum atomic E-state index is -1.62. The van der Waals surface area contributed by atoms with Crippen LogP contribution in [-0.2, 0) is 36.8 Å². The van der Waals surface area contributed by atoms with Gasteiger partial charge in [0.25, 0.3) is 0 Å². The molecule has 0 fully saturated rings. The van der Waals surface area contributed by atoms with Crippen LogP contribution in [0.15, 0.2) is 54.6 Å². The maximum absolute atomic E-state index is 13.4. The molecule has 39 heavy (non-hydrogen) atoms. The number of phenols is 1. The molecule has 0 aliphatic carbocycles. The molecule has 0 spiro atoms. The maximum Gasteiger partial charge on any atom is 0.326 e. The number of rotatable bonds is 14. The first-order chi connectivity index (χ1) is 18.4. The van der Waals surface area contributed by atoms with Gasteiger partial charge in [-0.2, -0.15) is 0 Å². The Bertz CT molecular complexity index is 1160. The summed E-state index contributed by atoms with van der Waals surface area (Å²) in [6.07, 6.45) is -1.99. The van der Waals surface area contributed by atoms with Gasteiger partial charge in [0, 0.05) is 12.8 Å². The second kappa shape index (κ2) is 14.4. The number of aliphatic hydroxyl groups excluding tert-OH is 1. The van der Waals surface area contributed by atoms with Crippen LogP contribution in [0.3, 0.4) is 0 Å². The van der Waals surface area contributed by atoms with Crippen LogP contribution in [0.1, 0.15) is 24.5 Å². The Morgan fingerprint density at radius 3 is 1.69 bits per heavy atom. The number of hydrogen-bond acceptors (Lipinski definition) is 8. The SMILES string of the molecule is CC(O)C(N)C(=O)NC(Cc1ccc(O)cc1)C(=O)NC(Cc1ccccc1)C(=O)NC(CC(N)=O)C(=O)O. The molecule has 0 saturated carbocycles. The van der Waals surface area contributed by atoms with Crippen molar-refractivity contribution in [2.75, 3.05) is 0 Å². The fourth-order valence-corrected chi connectivity index (χ4v) is 3.57. The van der Waals surface area contributed by atoms with Crippen molar-refractivity contribution in [3.63, 3.8) is 0 Å². The fraction of sp³-hybridized carbons (Fsp3) is 0.346. The van der Waals surface area contributed by atoms with Crippen molar-refractivity contribution in [2.24, 2.45) is 11.5 Å². The molecule has 0 bridgehead atoms. The minimum absolute atomic E-state index is 0.0107.